The van der Waals surface area contributed by atoms with Gasteiger partial charge in [-0.1, -0.05) is 0 Å². The van der Waals surface area contributed by atoms with Gasteiger partial charge in [-0.15, -0.1) is 11.3 Å². The van der Waals surface area contributed by atoms with E-state index in [9.17, 15) is 4.79 Å². The van der Waals surface area contributed by atoms with Gasteiger partial charge in [0.2, 0.25) is 0 Å². The topological polar surface area (TPSA) is 71.8 Å². The summed E-state index contributed by atoms with van der Waals surface area (Å²) >= 11 is 1.82. The number of amides is 1. The molecule has 4 rings (SSSR count). The summed E-state index contributed by atoms with van der Waals surface area (Å²) in [6.07, 6.45) is 9.82. The summed E-state index contributed by atoms with van der Waals surface area (Å²) in [5.74, 6) is -0.0937. The summed E-state index contributed by atoms with van der Waals surface area (Å²) in [5.41, 5.74) is 1.79. The highest BCUT2D eigenvalue weighted by Crippen LogP contribution is 2.26. The van der Waals surface area contributed by atoms with Crippen LogP contribution in [-0.2, 0) is 19.3 Å². The maximum atomic E-state index is 12.3. The lowest BCUT2D eigenvalue weighted by molar-refractivity contribution is 0.0948. The van der Waals surface area contributed by atoms with Crippen LogP contribution in [0.25, 0.3) is 0 Å². The number of piperidine rings is 1. The van der Waals surface area contributed by atoms with E-state index in [2.05, 4.69) is 15.7 Å². The van der Waals surface area contributed by atoms with Crippen LogP contribution >= 0.6 is 11.3 Å². The van der Waals surface area contributed by atoms with Crippen LogP contribution in [0, 0.1) is 0 Å². The van der Waals surface area contributed by atoms with E-state index in [-0.39, 0.29) is 5.91 Å². The van der Waals surface area contributed by atoms with Crippen molar-refractivity contribution in [1.82, 2.24) is 25.4 Å². The van der Waals surface area contributed by atoms with Gasteiger partial charge in [0.05, 0.1) is 16.7 Å². The smallest absolute Gasteiger partial charge is 0.271 e. The number of nitrogens with one attached hydrogen (secondary N) is 2. The fourth-order valence-corrected chi connectivity index (χ4v) is 4.76. The van der Waals surface area contributed by atoms with E-state index in [1.54, 1.807) is 0 Å². The molecule has 1 aliphatic carbocycles. The van der Waals surface area contributed by atoms with Crippen LogP contribution in [0.2, 0.25) is 0 Å². The molecule has 0 spiro atoms. The van der Waals surface area contributed by atoms with Gasteiger partial charge in [0.25, 0.3) is 5.91 Å². The number of hydrogen-bond acceptors (Lipinski definition) is 5. The van der Waals surface area contributed by atoms with Crippen molar-refractivity contribution in [3.8, 4) is 0 Å². The van der Waals surface area contributed by atoms with Crippen molar-refractivity contribution in [1.29, 1.82) is 0 Å². The first-order valence-electron chi connectivity index (χ1n) is 9.31. The average Bonchev–Trinajstić information content (AvgIpc) is 3.29. The zero-order valence-electron chi connectivity index (χ0n) is 14.5. The Labute approximate surface area is 152 Å². The van der Waals surface area contributed by atoms with E-state index in [1.807, 2.05) is 28.3 Å². The van der Waals surface area contributed by atoms with Crippen LogP contribution in [0.5, 0.6) is 0 Å². The molecule has 0 saturated carbocycles. The molecular formula is C18H25N5OS. The van der Waals surface area contributed by atoms with Crippen molar-refractivity contribution in [3.63, 3.8) is 0 Å². The van der Waals surface area contributed by atoms with E-state index in [0.29, 0.717) is 18.3 Å². The lowest BCUT2D eigenvalue weighted by Crippen LogP contribution is -2.32. The number of carbonyl (C=O) groups excluding carboxylic acids is 1. The molecule has 25 heavy (non-hydrogen) atoms. The first-order chi connectivity index (χ1) is 12.3. The highest BCUT2D eigenvalue weighted by atomic mass is 32.1. The third kappa shape index (κ3) is 3.93. The molecule has 1 amide bonds. The monoisotopic (exact) mass is 359 g/mol. The van der Waals surface area contributed by atoms with Gasteiger partial charge in [-0.2, -0.15) is 5.10 Å². The minimum absolute atomic E-state index is 0.0937. The Bertz CT molecular complexity index is 708. The molecule has 6 nitrogen and oxygen atoms in total. The second-order valence-corrected chi connectivity index (χ2v) is 8.04. The Kier molecular flexibility index (Phi) is 5.12. The SMILES string of the molecule is O=C(NCCc1nc2c(s1)CCCC2)c1ccn(C2CCCNC2)n1. The summed E-state index contributed by atoms with van der Waals surface area (Å²) in [7, 11) is 0. The van der Waals surface area contributed by atoms with Gasteiger partial charge in [0.15, 0.2) is 0 Å². The Morgan fingerprint density at radius 3 is 3.12 bits per heavy atom. The first-order valence-corrected chi connectivity index (χ1v) is 10.1. The lowest BCUT2D eigenvalue weighted by atomic mass is 10.0. The summed E-state index contributed by atoms with van der Waals surface area (Å²) in [5, 5.41) is 12.0. The highest BCUT2D eigenvalue weighted by molar-refractivity contribution is 7.11. The van der Waals surface area contributed by atoms with Gasteiger partial charge in [-0.25, -0.2) is 4.98 Å². The first kappa shape index (κ1) is 16.7. The standard InChI is InChI=1S/C18H25N5OS/c24-18(15-8-11-23(22-15)13-4-3-9-19-12-13)20-10-7-17-21-14-5-1-2-6-16(14)25-17/h8,11,13,19H,1-7,9-10,12H2,(H,20,24). The van der Waals surface area contributed by atoms with E-state index in [0.717, 1.165) is 43.8 Å². The van der Waals surface area contributed by atoms with Crippen molar-refractivity contribution in [2.24, 2.45) is 0 Å². The minimum Gasteiger partial charge on any atom is -0.350 e. The molecule has 1 atom stereocenters. The van der Waals surface area contributed by atoms with E-state index < -0.39 is 0 Å². The number of nitrogens with zero attached hydrogens (tertiary/aromatic N) is 3. The van der Waals surface area contributed by atoms with Gasteiger partial charge in [0.1, 0.15) is 5.69 Å². The van der Waals surface area contributed by atoms with Gasteiger partial charge >= 0.3 is 0 Å². The Balaban J connectivity index is 1.28. The van der Waals surface area contributed by atoms with E-state index in [1.165, 1.54) is 29.8 Å². The van der Waals surface area contributed by atoms with Gasteiger partial charge in [-0.3, -0.25) is 9.48 Å². The molecule has 1 saturated heterocycles. The number of aryl methyl sites for hydroxylation is 2. The van der Waals surface area contributed by atoms with Crippen molar-refractivity contribution in [2.45, 2.75) is 51.0 Å². The number of carbonyl (C=O) groups is 1. The third-order valence-corrected chi connectivity index (χ3v) is 6.22. The Morgan fingerprint density at radius 2 is 2.28 bits per heavy atom. The van der Waals surface area contributed by atoms with Crippen molar-refractivity contribution < 1.29 is 4.79 Å². The summed E-state index contributed by atoms with van der Waals surface area (Å²) in [6, 6.07) is 2.17. The predicted octanol–water partition coefficient (Wildman–Crippen LogP) is 2.12. The van der Waals surface area contributed by atoms with E-state index in [4.69, 9.17) is 4.98 Å². The molecule has 2 aromatic heterocycles. The van der Waals surface area contributed by atoms with Crippen LogP contribution in [0.4, 0.5) is 0 Å². The maximum Gasteiger partial charge on any atom is 0.271 e. The quantitative estimate of drug-likeness (QED) is 0.858. The molecule has 1 aliphatic heterocycles. The molecule has 134 valence electrons. The molecule has 2 aliphatic rings. The molecule has 2 N–H and O–H groups in total. The van der Waals surface area contributed by atoms with Crippen LogP contribution in [-0.4, -0.2) is 40.3 Å². The number of rotatable bonds is 5. The normalized spacial score (nSPS) is 20.2. The van der Waals surface area contributed by atoms with Gasteiger partial charge in [-0.05, 0) is 51.1 Å². The highest BCUT2D eigenvalue weighted by Gasteiger charge is 2.18. The fourth-order valence-electron chi connectivity index (χ4n) is 3.61. The number of fused-ring (bicyclic) bond motifs is 1. The van der Waals surface area contributed by atoms with Crippen LogP contribution in [0.1, 0.15) is 57.8 Å². The minimum atomic E-state index is -0.0937. The molecule has 0 aromatic carbocycles. The maximum absolute atomic E-state index is 12.3. The van der Waals surface area contributed by atoms with Crippen molar-refractivity contribution in [2.75, 3.05) is 19.6 Å². The molecule has 2 aromatic rings. The predicted molar refractivity (Wildman–Crippen MR) is 98.2 cm³/mol. The fraction of sp³-hybridized carbons (Fsp3) is 0.611. The number of aromatic nitrogens is 3. The van der Waals surface area contributed by atoms with E-state index >= 15 is 0 Å². The second-order valence-electron chi connectivity index (χ2n) is 6.87. The zero-order valence-corrected chi connectivity index (χ0v) is 15.3. The molecule has 0 radical (unpaired) electrons. The van der Waals surface area contributed by atoms with Crippen molar-refractivity contribution >= 4 is 17.2 Å². The Morgan fingerprint density at radius 1 is 1.36 bits per heavy atom. The second kappa shape index (κ2) is 7.66. The lowest BCUT2D eigenvalue weighted by Gasteiger charge is -2.22. The molecule has 1 fully saturated rings. The Hall–Kier alpha value is -1.73. The van der Waals surface area contributed by atoms with Gasteiger partial charge < -0.3 is 10.6 Å². The number of thiazole rings is 1. The van der Waals surface area contributed by atoms with Crippen LogP contribution < -0.4 is 10.6 Å². The summed E-state index contributed by atoms with van der Waals surface area (Å²) in [4.78, 5) is 18.5. The average molecular weight is 359 g/mol. The molecular weight excluding hydrogens is 334 g/mol. The molecule has 7 heteroatoms. The summed E-state index contributed by atoms with van der Waals surface area (Å²) in [6.45, 7) is 2.62. The molecule has 0 bridgehead atoms. The number of hydrogen-bond donors (Lipinski definition) is 2. The third-order valence-electron chi connectivity index (χ3n) is 5.00. The largest absolute Gasteiger partial charge is 0.350 e. The summed E-state index contributed by atoms with van der Waals surface area (Å²) < 4.78 is 1.93. The van der Waals surface area contributed by atoms with Crippen LogP contribution in [0.15, 0.2) is 12.3 Å². The molecule has 1 unspecified atom stereocenters. The van der Waals surface area contributed by atoms with Crippen LogP contribution in [0.3, 0.4) is 0 Å². The molecule has 3 heterocycles. The zero-order chi connectivity index (χ0) is 17.1. The van der Waals surface area contributed by atoms with Gasteiger partial charge in [0, 0.05) is 30.6 Å². The van der Waals surface area contributed by atoms with Crippen molar-refractivity contribution in [3.05, 3.63) is 33.5 Å².